The Morgan fingerprint density at radius 3 is 2.45 bits per heavy atom. The molecule has 7 atom stereocenters. The van der Waals surface area contributed by atoms with Crippen molar-refractivity contribution in [3.8, 4) is 0 Å². The van der Waals surface area contributed by atoms with E-state index in [1.54, 1.807) is 18.7 Å². The van der Waals surface area contributed by atoms with Crippen LogP contribution in [-0.4, -0.2) is 22.3 Å². The lowest BCUT2D eigenvalue weighted by molar-refractivity contribution is -0.166. The van der Waals surface area contributed by atoms with Crippen LogP contribution in [0.2, 0.25) is 0 Å². The number of hydrogen-bond acceptors (Lipinski definition) is 5. The summed E-state index contributed by atoms with van der Waals surface area (Å²) in [5, 5.41) is 13.5. The SMILES string of the molecule is CC(=O)[C@@]1(O)CC[C@H]2[C@@H]3CCC4C(=CSc5ccc(N)cc5)C(=O)CC[C@]4(C)[C@H]3CC[C@@]21C. The normalized spacial score (nSPS) is 43.6. The summed E-state index contributed by atoms with van der Waals surface area (Å²) in [6.45, 7) is 6.17. The molecule has 5 heteroatoms. The lowest BCUT2D eigenvalue weighted by Gasteiger charge is -2.61. The third-order valence-electron chi connectivity index (χ3n) is 10.4. The number of Topliss-reactive ketones (excluding diaryl/α,β-unsaturated/α-hetero) is 2. The molecular weight excluding hydrogens is 430 g/mol. The number of rotatable bonds is 3. The summed E-state index contributed by atoms with van der Waals surface area (Å²) in [6, 6.07) is 7.83. The van der Waals surface area contributed by atoms with Crippen molar-refractivity contribution in [2.45, 2.75) is 82.6 Å². The number of nitrogens with two attached hydrogens (primary N) is 1. The van der Waals surface area contributed by atoms with E-state index in [2.05, 4.69) is 19.3 Å². The van der Waals surface area contributed by atoms with Crippen LogP contribution in [0.15, 0.2) is 40.1 Å². The van der Waals surface area contributed by atoms with Gasteiger partial charge < -0.3 is 10.8 Å². The number of aliphatic hydroxyl groups is 1. The van der Waals surface area contributed by atoms with E-state index in [-0.39, 0.29) is 16.6 Å². The van der Waals surface area contributed by atoms with Gasteiger partial charge >= 0.3 is 0 Å². The molecule has 0 bridgehead atoms. The van der Waals surface area contributed by atoms with Crippen molar-refractivity contribution in [1.29, 1.82) is 0 Å². The van der Waals surface area contributed by atoms with Crippen LogP contribution >= 0.6 is 11.8 Å². The minimum absolute atomic E-state index is 0.0565. The molecule has 4 nitrogen and oxygen atoms in total. The first-order valence-corrected chi connectivity index (χ1v) is 13.5. The van der Waals surface area contributed by atoms with E-state index in [0.29, 0.717) is 42.3 Å². The van der Waals surface area contributed by atoms with Crippen molar-refractivity contribution < 1.29 is 14.7 Å². The summed E-state index contributed by atoms with van der Waals surface area (Å²) in [7, 11) is 0. The van der Waals surface area contributed by atoms with Crippen LogP contribution < -0.4 is 5.73 Å². The molecule has 5 rings (SSSR count). The molecule has 0 saturated heterocycles. The number of allylic oxidation sites excluding steroid dienone is 1. The number of hydrogen-bond donors (Lipinski definition) is 2. The second-order valence-corrected chi connectivity index (χ2v) is 12.5. The van der Waals surface area contributed by atoms with Gasteiger partial charge in [0.15, 0.2) is 11.6 Å². The molecule has 178 valence electrons. The molecule has 0 radical (unpaired) electrons. The summed E-state index contributed by atoms with van der Waals surface area (Å²) >= 11 is 1.63. The number of thioether (sulfide) groups is 1. The summed E-state index contributed by atoms with van der Waals surface area (Å²) in [6.07, 6.45) is 7.22. The Morgan fingerprint density at radius 1 is 1.06 bits per heavy atom. The highest BCUT2D eigenvalue weighted by Gasteiger charge is 2.66. The van der Waals surface area contributed by atoms with Crippen molar-refractivity contribution >= 4 is 29.0 Å². The highest BCUT2D eigenvalue weighted by molar-refractivity contribution is 8.02. The molecule has 0 spiro atoms. The summed E-state index contributed by atoms with van der Waals surface area (Å²) in [4.78, 5) is 26.6. The topological polar surface area (TPSA) is 80.4 Å². The fourth-order valence-corrected chi connectivity index (χ4v) is 9.32. The van der Waals surface area contributed by atoms with Crippen LogP contribution in [0.5, 0.6) is 0 Å². The second-order valence-electron chi connectivity index (χ2n) is 11.6. The molecule has 4 saturated carbocycles. The van der Waals surface area contributed by atoms with Gasteiger partial charge in [-0.2, -0.15) is 0 Å². The van der Waals surface area contributed by atoms with Gasteiger partial charge in [-0.1, -0.05) is 25.6 Å². The molecule has 1 aromatic rings. The molecule has 1 aromatic carbocycles. The van der Waals surface area contributed by atoms with Gasteiger partial charge in [-0.15, -0.1) is 0 Å². The summed E-state index contributed by atoms with van der Waals surface area (Å²) < 4.78 is 0. The molecular formula is C28H37NO3S. The molecule has 33 heavy (non-hydrogen) atoms. The molecule has 4 fully saturated rings. The van der Waals surface area contributed by atoms with Gasteiger partial charge in [-0.05, 0) is 111 Å². The quantitative estimate of drug-likeness (QED) is 0.334. The molecule has 0 aliphatic heterocycles. The largest absolute Gasteiger partial charge is 0.399 e. The fourth-order valence-electron chi connectivity index (χ4n) is 8.47. The number of ketones is 2. The van der Waals surface area contributed by atoms with E-state index in [4.69, 9.17) is 5.73 Å². The maximum Gasteiger partial charge on any atom is 0.161 e. The predicted molar refractivity (Wildman–Crippen MR) is 133 cm³/mol. The Kier molecular flexibility index (Phi) is 5.60. The minimum Gasteiger partial charge on any atom is -0.399 e. The molecule has 3 N–H and O–H groups in total. The molecule has 0 aromatic heterocycles. The molecule has 1 unspecified atom stereocenters. The van der Waals surface area contributed by atoms with Crippen molar-refractivity contribution in [2.24, 2.45) is 34.5 Å². The van der Waals surface area contributed by atoms with Crippen LogP contribution in [0, 0.1) is 34.5 Å². The smallest absolute Gasteiger partial charge is 0.161 e. The van der Waals surface area contributed by atoms with E-state index in [0.717, 1.165) is 54.7 Å². The first kappa shape index (κ1) is 23.2. The molecule has 0 heterocycles. The van der Waals surface area contributed by atoms with E-state index >= 15 is 0 Å². The zero-order chi connectivity index (χ0) is 23.6. The number of fused-ring (bicyclic) bond motifs is 5. The van der Waals surface area contributed by atoms with Gasteiger partial charge in [0.25, 0.3) is 0 Å². The lowest BCUT2D eigenvalue weighted by atomic mass is 9.44. The van der Waals surface area contributed by atoms with Crippen LogP contribution in [0.3, 0.4) is 0 Å². The average Bonchev–Trinajstić information content (AvgIpc) is 3.07. The number of anilines is 1. The van der Waals surface area contributed by atoms with Gasteiger partial charge in [0.05, 0.1) is 0 Å². The van der Waals surface area contributed by atoms with Gasteiger partial charge in [-0.25, -0.2) is 0 Å². The van der Waals surface area contributed by atoms with E-state index < -0.39 is 5.60 Å². The Hall–Kier alpha value is -1.59. The minimum atomic E-state index is -1.16. The number of carbonyl (C=O) groups is 2. The first-order chi connectivity index (χ1) is 15.6. The standard InChI is InChI=1S/C28H37NO3S/c1-17(30)28(32)15-11-24-20-8-9-22-21(16-33-19-6-4-18(29)5-7-19)25(31)12-13-26(22,2)23(20)10-14-27(24,28)3/h4-7,16,20,22-24,32H,8-15,29H2,1-3H3/t20-,22?,23+,24+,26+,27+,28+/m1/s1. The van der Waals surface area contributed by atoms with Crippen molar-refractivity contribution in [3.63, 3.8) is 0 Å². The zero-order valence-corrected chi connectivity index (χ0v) is 20.9. The molecule has 0 amide bonds. The maximum absolute atomic E-state index is 13.0. The Bertz CT molecular complexity index is 1000. The van der Waals surface area contributed by atoms with E-state index in [1.807, 2.05) is 24.3 Å². The molecule has 4 aliphatic rings. The van der Waals surface area contributed by atoms with Gasteiger partial charge in [0.2, 0.25) is 0 Å². The number of nitrogen functional groups attached to an aromatic ring is 1. The third-order valence-corrected chi connectivity index (χ3v) is 11.3. The number of benzene rings is 1. The third kappa shape index (κ3) is 3.36. The van der Waals surface area contributed by atoms with Crippen LogP contribution in [0.4, 0.5) is 5.69 Å². The Morgan fingerprint density at radius 2 is 1.76 bits per heavy atom. The first-order valence-electron chi connectivity index (χ1n) is 12.6. The fraction of sp³-hybridized carbons (Fsp3) is 0.643. The highest BCUT2D eigenvalue weighted by atomic mass is 32.2. The predicted octanol–water partition coefficient (Wildman–Crippen LogP) is 5.79. The second kappa shape index (κ2) is 7.98. The van der Waals surface area contributed by atoms with Crippen LogP contribution in [0.25, 0.3) is 0 Å². The Labute approximate surface area is 201 Å². The van der Waals surface area contributed by atoms with Crippen LogP contribution in [-0.2, 0) is 9.59 Å². The molecule has 4 aliphatic carbocycles. The van der Waals surface area contributed by atoms with E-state index in [1.165, 1.54) is 0 Å². The van der Waals surface area contributed by atoms with Gasteiger partial charge in [0, 0.05) is 28.0 Å². The van der Waals surface area contributed by atoms with Crippen molar-refractivity contribution in [2.75, 3.05) is 5.73 Å². The average molecular weight is 468 g/mol. The maximum atomic E-state index is 13.0. The summed E-state index contributed by atoms with van der Waals surface area (Å²) in [5.41, 5.74) is 6.23. The van der Waals surface area contributed by atoms with E-state index in [9.17, 15) is 14.7 Å². The van der Waals surface area contributed by atoms with Crippen LogP contribution in [0.1, 0.15) is 72.1 Å². The monoisotopic (exact) mass is 467 g/mol. The zero-order valence-electron chi connectivity index (χ0n) is 20.1. The van der Waals surface area contributed by atoms with Crippen molar-refractivity contribution in [3.05, 3.63) is 35.2 Å². The highest BCUT2D eigenvalue weighted by Crippen LogP contribution is 2.68. The summed E-state index contributed by atoms with van der Waals surface area (Å²) in [5.74, 6) is 2.06. The number of carbonyl (C=O) groups excluding carboxylic acids is 2. The lowest BCUT2D eigenvalue weighted by Crippen LogP contribution is -2.58. The Balaban J connectivity index is 1.42. The van der Waals surface area contributed by atoms with Crippen molar-refractivity contribution in [1.82, 2.24) is 0 Å². The van der Waals surface area contributed by atoms with Gasteiger partial charge in [0.1, 0.15) is 5.60 Å². The van der Waals surface area contributed by atoms with Gasteiger partial charge in [-0.3, -0.25) is 9.59 Å².